The van der Waals surface area contributed by atoms with Crippen LogP contribution >= 0.6 is 50.7 Å². The minimum atomic E-state index is -3.87. The lowest BCUT2D eigenvalue weighted by molar-refractivity contribution is 0.601. The summed E-state index contributed by atoms with van der Waals surface area (Å²) in [5, 5.41) is 0.332. The number of anilines is 1. The first-order valence-corrected chi connectivity index (χ1v) is 9.61. The van der Waals surface area contributed by atoms with Crippen molar-refractivity contribution in [1.29, 1.82) is 0 Å². The second-order valence-corrected chi connectivity index (χ2v) is 8.25. The maximum absolute atomic E-state index is 12.5. The molecule has 3 nitrogen and oxygen atoms in total. The molecule has 0 amide bonds. The summed E-state index contributed by atoms with van der Waals surface area (Å²) < 4.78 is 28.5. The van der Waals surface area contributed by atoms with Gasteiger partial charge in [-0.3, -0.25) is 4.72 Å². The molecule has 0 saturated heterocycles. The molecule has 8 heteroatoms. The van der Waals surface area contributed by atoms with E-state index in [4.69, 9.17) is 34.8 Å². The fraction of sp³-hybridized carbons (Fsp3) is 0.143. The molecule has 2 aromatic carbocycles. The van der Waals surface area contributed by atoms with E-state index in [0.29, 0.717) is 12.1 Å². The van der Waals surface area contributed by atoms with Gasteiger partial charge in [0.25, 0.3) is 10.0 Å². The summed E-state index contributed by atoms with van der Waals surface area (Å²) in [7, 11) is -3.87. The largest absolute Gasteiger partial charge is 0.279 e. The average molecular weight is 444 g/mol. The van der Waals surface area contributed by atoms with Crippen LogP contribution in [0.3, 0.4) is 0 Å². The third kappa shape index (κ3) is 3.89. The molecule has 22 heavy (non-hydrogen) atoms. The van der Waals surface area contributed by atoms with Crippen LogP contribution in [0, 0.1) is 0 Å². The van der Waals surface area contributed by atoms with Gasteiger partial charge in [0.2, 0.25) is 0 Å². The predicted octanol–water partition coefficient (Wildman–Crippen LogP) is 5.77. The summed E-state index contributed by atoms with van der Waals surface area (Å²) in [4.78, 5) is -0.117. The van der Waals surface area contributed by atoms with Crippen LogP contribution in [0.4, 0.5) is 5.69 Å². The van der Waals surface area contributed by atoms with Crippen LogP contribution in [0.25, 0.3) is 0 Å². The maximum atomic E-state index is 12.5. The Kier molecular flexibility index (Phi) is 5.67. The lowest BCUT2D eigenvalue weighted by Gasteiger charge is -2.13. The van der Waals surface area contributed by atoms with E-state index in [-0.39, 0.29) is 20.0 Å². The minimum absolute atomic E-state index is 0.0112. The summed E-state index contributed by atoms with van der Waals surface area (Å²) in [5.41, 5.74) is 1.35. The number of benzene rings is 2. The second-order valence-electron chi connectivity index (χ2n) is 4.46. The van der Waals surface area contributed by atoms with Gasteiger partial charge < -0.3 is 0 Å². The lowest BCUT2D eigenvalue weighted by atomic mass is 10.1. The zero-order valence-electron chi connectivity index (χ0n) is 11.3. The van der Waals surface area contributed by atoms with E-state index < -0.39 is 10.0 Å². The Hall–Kier alpha value is -0.460. The molecule has 1 N–H and O–H groups in total. The monoisotopic (exact) mass is 441 g/mol. The second kappa shape index (κ2) is 6.97. The molecule has 0 aromatic heterocycles. The van der Waals surface area contributed by atoms with E-state index in [1.165, 1.54) is 12.1 Å². The number of rotatable bonds is 4. The van der Waals surface area contributed by atoms with Crippen molar-refractivity contribution < 1.29 is 8.42 Å². The van der Waals surface area contributed by atoms with Crippen LogP contribution in [0.1, 0.15) is 12.5 Å². The third-order valence-corrected chi connectivity index (χ3v) is 6.00. The minimum Gasteiger partial charge on any atom is -0.279 e. The van der Waals surface area contributed by atoms with E-state index in [0.717, 1.165) is 10.0 Å². The Labute approximate surface area is 152 Å². The van der Waals surface area contributed by atoms with E-state index >= 15 is 0 Å². The van der Waals surface area contributed by atoms with Crippen molar-refractivity contribution in [3.63, 3.8) is 0 Å². The Morgan fingerprint density at radius 1 is 1.05 bits per heavy atom. The zero-order valence-corrected chi connectivity index (χ0v) is 16.0. The van der Waals surface area contributed by atoms with Crippen molar-refractivity contribution in [2.45, 2.75) is 18.2 Å². The third-order valence-electron chi connectivity index (χ3n) is 2.96. The van der Waals surface area contributed by atoms with Crippen LogP contribution in [-0.4, -0.2) is 8.42 Å². The first kappa shape index (κ1) is 17.9. The summed E-state index contributed by atoms with van der Waals surface area (Å²) in [6, 6.07) is 7.84. The smallest absolute Gasteiger partial charge is 0.263 e. The van der Waals surface area contributed by atoms with E-state index in [1.807, 2.05) is 13.0 Å². The number of nitrogens with one attached hydrogen (secondary N) is 1. The molecule has 0 aliphatic carbocycles. The first-order valence-electron chi connectivity index (χ1n) is 6.20. The molecule has 0 aliphatic heterocycles. The molecule has 118 valence electrons. The highest BCUT2D eigenvalue weighted by Crippen LogP contribution is 2.33. The number of aryl methyl sites for hydroxylation is 1. The van der Waals surface area contributed by atoms with Gasteiger partial charge in [-0.25, -0.2) is 8.42 Å². The highest BCUT2D eigenvalue weighted by molar-refractivity contribution is 9.10. The molecule has 0 radical (unpaired) electrons. The Balaban J connectivity index is 2.47. The quantitative estimate of drug-likeness (QED) is 0.610. The summed E-state index contributed by atoms with van der Waals surface area (Å²) in [6.07, 6.45) is 0.673. The predicted molar refractivity (Wildman–Crippen MR) is 95.8 cm³/mol. The van der Waals surface area contributed by atoms with Gasteiger partial charge in [-0.2, -0.15) is 0 Å². The first-order chi connectivity index (χ1) is 10.2. The molecular weight excluding hydrogens is 432 g/mol. The highest BCUT2D eigenvalue weighted by Gasteiger charge is 2.21. The molecule has 2 rings (SSSR count). The van der Waals surface area contributed by atoms with Gasteiger partial charge in [0.1, 0.15) is 4.90 Å². The fourth-order valence-corrected chi connectivity index (χ4v) is 4.38. The van der Waals surface area contributed by atoms with Crippen LogP contribution < -0.4 is 4.72 Å². The number of hydrogen-bond acceptors (Lipinski definition) is 2. The normalized spacial score (nSPS) is 11.5. The number of sulfonamides is 1. The van der Waals surface area contributed by atoms with Crippen molar-refractivity contribution in [3.05, 3.63) is 55.4 Å². The maximum Gasteiger partial charge on any atom is 0.263 e. The molecule has 0 bridgehead atoms. The zero-order chi connectivity index (χ0) is 16.5. The number of hydrogen-bond donors (Lipinski definition) is 1. The Bertz CT molecular complexity index is 825. The topological polar surface area (TPSA) is 46.2 Å². The van der Waals surface area contributed by atoms with E-state index in [1.54, 1.807) is 12.1 Å². The van der Waals surface area contributed by atoms with Crippen LogP contribution in [-0.2, 0) is 16.4 Å². The van der Waals surface area contributed by atoms with E-state index in [2.05, 4.69) is 20.7 Å². The molecule has 0 aliphatic rings. The van der Waals surface area contributed by atoms with Crippen LogP contribution in [0.2, 0.25) is 15.1 Å². The van der Waals surface area contributed by atoms with Gasteiger partial charge in [0.15, 0.2) is 0 Å². The summed E-state index contributed by atoms with van der Waals surface area (Å²) in [6.45, 7) is 1.94. The molecule has 0 spiro atoms. The molecule has 0 fully saturated rings. The van der Waals surface area contributed by atoms with Gasteiger partial charge >= 0.3 is 0 Å². The molecule has 2 aromatic rings. The lowest BCUT2D eigenvalue weighted by Crippen LogP contribution is -2.14. The molecular formula is C14H11BrCl3NO2S. The van der Waals surface area contributed by atoms with Crippen LogP contribution in [0.15, 0.2) is 39.7 Å². The fourth-order valence-electron chi connectivity index (χ4n) is 1.86. The van der Waals surface area contributed by atoms with Gasteiger partial charge in [-0.15, -0.1) is 0 Å². The molecule has 0 heterocycles. The molecule has 0 saturated carbocycles. The van der Waals surface area contributed by atoms with Gasteiger partial charge in [0, 0.05) is 4.47 Å². The van der Waals surface area contributed by atoms with Crippen LogP contribution in [0.5, 0.6) is 0 Å². The summed E-state index contributed by atoms with van der Waals surface area (Å²) in [5.74, 6) is 0. The standard InChI is InChI=1S/C14H11BrCl3NO2S/c1-2-8-5-9(15)3-4-13(8)19-22(20,21)14-7-11(17)10(16)6-12(14)18/h3-7,19H,2H2,1H3. The van der Waals surface area contributed by atoms with Gasteiger partial charge in [-0.05, 0) is 42.3 Å². The number of halogens is 4. The van der Waals surface area contributed by atoms with Crippen molar-refractivity contribution >= 4 is 66.4 Å². The summed E-state index contributed by atoms with van der Waals surface area (Å²) >= 11 is 21.1. The highest BCUT2D eigenvalue weighted by atomic mass is 79.9. The van der Waals surface area contributed by atoms with Crippen molar-refractivity contribution in [3.8, 4) is 0 Å². The Morgan fingerprint density at radius 2 is 1.68 bits per heavy atom. The van der Waals surface area contributed by atoms with Gasteiger partial charge in [-0.1, -0.05) is 57.7 Å². The molecule has 0 atom stereocenters. The Morgan fingerprint density at radius 3 is 2.32 bits per heavy atom. The van der Waals surface area contributed by atoms with Crippen molar-refractivity contribution in [2.75, 3.05) is 4.72 Å². The van der Waals surface area contributed by atoms with Gasteiger partial charge in [0.05, 0.1) is 20.8 Å². The van der Waals surface area contributed by atoms with Crippen molar-refractivity contribution in [2.24, 2.45) is 0 Å². The average Bonchev–Trinajstić information content (AvgIpc) is 2.44. The van der Waals surface area contributed by atoms with Crippen molar-refractivity contribution in [1.82, 2.24) is 0 Å². The van der Waals surface area contributed by atoms with E-state index in [9.17, 15) is 8.42 Å². The SMILES string of the molecule is CCc1cc(Br)ccc1NS(=O)(=O)c1cc(Cl)c(Cl)cc1Cl. The molecule has 0 unspecified atom stereocenters.